The molecule has 80 heavy (non-hydrogen) atoms. The van der Waals surface area contributed by atoms with E-state index in [4.69, 9.17) is 23.3 Å². The molecule has 3 atom stereocenters. The molecule has 0 aromatic carbocycles. The summed E-state index contributed by atoms with van der Waals surface area (Å²) < 4.78 is 39.6. The molecular formula is C68H113O11P. The summed E-state index contributed by atoms with van der Waals surface area (Å²) in [5.74, 6) is -1.55. The van der Waals surface area contributed by atoms with Crippen LogP contribution in [0, 0.1) is 0 Å². The van der Waals surface area contributed by atoms with Gasteiger partial charge in [0.15, 0.2) is 6.10 Å². The van der Waals surface area contributed by atoms with Crippen LogP contribution in [0.15, 0.2) is 122 Å². The van der Waals surface area contributed by atoms with Gasteiger partial charge >= 0.3 is 25.7 Å². The van der Waals surface area contributed by atoms with E-state index in [-0.39, 0.29) is 25.9 Å². The Bertz CT molecular complexity index is 1800. The number of phosphoric acid groups is 1. The Labute approximate surface area is 487 Å². The average Bonchev–Trinajstić information content (AvgIpc) is 3.45. The lowest BCUT2D eigenvalue weighted by Gasteiger charge is -2.21. The molecule has 0 spiro atoms. The first kappa shape index (κ1) is 75.9. The molecule has 0 radical (unpaired) electrons. The number of allylic oxidation sites excluding steroid dienone is 20. The number of aliphatic hydroxyl groups excluding tert-OH is 1. The molecule has 0 aliphatic rings. The predicted molar refractivity (Wildman–Crippen MR) is 334 cm³/mol. The second-order valence-corrected chi connectivity index (χ2v) is 21.9. The largest absolute Gasteiger partial charge is 0.472 e. The van der Waals surface area contributed by atoms with Gasteiger partial charge in [-0.15, -0.1) is 0 Å². The lowest BCUT2D eigenvalue weighted by atomic mass is 10.1. The zero-order valence-corrected chi connectivity index (χ0v) is 51.4. The van der Waals surface area contributed by atoms with E-state index in [1.54, 1.807) is 0 Å². The minimum absolute atomic E-state index is 0.141. The number of hydrogen-bond donors (Lipinski definition) is 2. The zero-order valence-electron chi connectivity index (χ0n) is 50.5. The van der Waals surface area contributed by atoms with Crippen LogP contribution in [0.1, 0.15) is 252 Å². The molecule has 0 aromatic heterocycles. The number of esters is 3. The summed E-state index contributed by atoms with van der Waals surface area (Å²) in [4.78, 5) is 48.7. The van der Waals surface area contributed by atoms with Gasteiger partial charge in [-0.2, -0.15) is 0 Å². The summed E-state index contributed by atoms with van der Waals surface area (Å²) in [5.41, 5.74) is 0. The van der Waals surface area contributed by atoms with E-state index in [0.717, 1.165) is 128 Å². The Morgan fingerprint density at radius 2 is 0.662 bits per heavy atom. The van der Waals surface area contributed by atoms with Gasteiger partial charge in [-0.25, -0.2) is 4.57 Å². The van der Waals surface area contributed by atoms with E-state index in [0.29, 0.717) is 25.7 Å². The van der Waals surface area contributed by atoms with Gasteiger partial charge in [0, 0.05) is 19.3 Å². The van der Waals surface area contributed by atoms with Crippen LogP contribution >= 0.6 is 7.82 Å². The molecule has 3 unspecified atom stereocenters. The van der Waals surface area contributed by atoms with Gasteiger partial charge in [-0.05, 0) is 122 Å². The normalized spacial score (nSPS) is 14.1. The topological polar surface area (TPSA) is 155 Å². The van der Waals surface area contributed by atoms with Crippen molar-refractivity contribution in [2.75, 3.05) is 26.4 Å². The molecule has 0 heterocycles. The van der Waals surface area contributed by atoms with E-state index >= 15 is 0 Å². The summed E-state index contributed by atoms with van der Waals surface area (Å²) in [6.07, 6.45) is 75.8. The maximum absolute atomic E-state index is 13.0. The molecule has 0 saturated heterocycles. The van der Waals surface area contributed by atoms with Gasteiger partial charge < -0.3 is 24.2 Å². The Hall–Kier alpha value is -4.12. The van der Waals surface area contributed by atoms with E-state index < -0.39 is 57.8 Å². The Kier molecular flexibility index (Phi) is 57.8. The highest BCUT2D eigenvalue weighted by molar-refractivity contribution is 7.47. The Balaban J connectivity index is 4.80. The van der Waals surface area contributed by atoms with Crippen LogP contribution in [-0.2, 0) is 42.2 Å². The van der Waals surface area contributed by atoms with E-state index in [9.17, 15) is 28.9 Å². The third kappa shape index (κ3) is 58.5. The number of hydrogen-bond acceptors (Lipinski definition) is 10. The summed E-state index contributed by atoms with van der Waals surface area (Å²) in [6, 6.07) is 0. The molecule has 0 rings (SSSR count). The maximum Gasteiger partial charge on any atom is 0.472 e. The number of carbonyl (C=O) groups excluding carboxylic acids is 3. The summed E-state index contributed by atoms with van der Waals surface area (Å²) >= 11 is 0. The number of aliphatic hydroxyl groups is 1. The fourth-order valence-electron chi connectivity index (χ4n) is 8.14. The van der Waals surface area contributed by atoms with Crippen molar-refractivity contribution in [3.8, 4) is 0 Å². The molecule has 0 aliphatic heterocycles. The highest BCUT2D eigenvalue weighted by Crippen LogP contribution is 2.43. The molecule has 0 bridgehead atoms. The summed E-state index contributed by atoms with van der Waals surface area (Å²) in [7, 11) is -4.78. The predicted octanol–water partition coefficient (Wildman–Crippen LogP) is 19.1. The van der Waals surface area contributed by atoms with Gasteiger partial charge in [0.25, 0.3) is 0 Å². The van der Waals surface area contributed by atoms with Crippen molar-refractivity contribution in [1.29, 1.82) is 0 Å². The highest BCUT2D eigenvalue weighted by atomic mass is 31.2. The molecular weight excluding hydrogens is 1020 g/mol. The first-order chi connectivity index (χ1) is 39.2. The molecule has 0 aliphatic carbocycles. The van der Waals surface area contributed by atoms with Gasteiger partial charge in [0.05, 0.1) is 19.8 Å². The van der Waals surface area contributed by atoms with Gasteiger partial charge in [0.2, 0.25) is 0 Å². The van der Waals surface area contributed by atoms with Crippen LogP contribution in [0.2, 0.25) is 0 Å². The number of ether oxygens (including phenoxy) is 3. The first-order valence-electron chi connectivity index (χ1n) is 31.4. The van der Waals surface area contributed by atoms with Crippen molar-refractivity contribution in [2.45, 2.75) is 264 Å². The van der Waals surface area contributed by atoms with Gasteiger partial charge in [0.1, 0.15) is 12.7 Å². The maximum atomic E-state index is 13.0. The second-order valence-electron chi connectivity index (χ2n) is 20.5. The van der Waals surface area contributed by atoms with Crippen LogP contribution in [0.25, 0.3) is 0 Å². The van der Waals surface area contributed by atoms with Crippen molar-refractivity contribution in [3.63, 3.8) is 0 Å². The van der Waals surface area contributed by atoms with E-state index in [2.05, 4.69) is 136 Å². The highest BCUT2D eigenvalue weighted by Gasteiger charge is 2.28. The molecule has 0 amide bonds. The van der Waals surface area contributed by atoms with Gasteiger partial charge in [-0.1, -0.05) is 232 Å². The lowest BCUT2D eigenvalue weighted by molar-refractivity contribution is -0.161. The fraction of sp³-hybridized carbons (Fsp3) is 0.662. The van der Waals surface area contributed by atoms with Crippen LogP contribution in [-0.4, -0.2) is 66.5 Å². The molecule has 2 N–H and O–H groups in total. The summed E-state index contributed by atoms with van der Waals surface area (Å²) in [6.45, 7) is 4.33. The summed E-state index contributed by atoms with van der Waals surface area (Å²) in [5, 5.41) is 9.85. The average molecular weight is 1140 g/mol. The molecule has 11 nitrogen and oxygen atoms in total. The first-order valence-corrected chi connectivity index (χ1v) is 32.9. The minimum atomic E-state index is -4.78. The van der Waals surface area contributed by atoms with Crippen LogP contribution < -0.4 is 0 Å². The standard InChI is InChI=1S/C68H113O11P/c1-4-7-10-13-16-19-22-25-28-31-32-35-38-41-44-47-50-53-56-59-68(72)79-65(61-75-66(70)57-54-51-48-45-42-39-36-33-29-26-23-20-17-14-11-8-5-2)63-77-80(73,74)76-62-64(60-69)78-67(71)58-55-52-49-46-43-40-37-34-30-27-24-21-18-15-12-9-6-3/h8-9,11-12,16-21,25-30,36,39,45,48,64-65,69H,4-7,10,13-15,22-24,31-35,37-38,40-44,46-47,49-63H2,1-3H3,(H,73,74)/b11-8-,12-9-,19-16-,20-17-,21-18-,28-25-,29-26-,30-27-,39-36-,48-45-. The third-order valence-electron chi connectivity index (χ3n) is 12.8. The molecule has 0 fully saturated rings. The molecule has 456 valence electrons. The van der Waals surface area contributed by atoms with Crippen molar-refractivity contribution >= 4 is 25.7 Å². The van der Waals surface area contributed by atoms with Crippen LogP contribution in [0.5, 0.6) is 0 Å². The SMILES string of the molecule is CC/C=C\C/C=C\C/C=C\C/C=C\C/C=C\CCCC(=O)OCC(COP(=O)(O)OCC(CO)OC(=O)CCCCCCCCC/C=C\C/C=C\C/C=C\CC)OC(=O)CCCCCCCCCCC/C=C\C/C=C\CCCCC. The lowest BCUT2D eigenvalue weighted by Crippen LogP contribution is -2.30. The van der Waals surface area contributed by atoms with Crippen LogP contribution in [0.3, 0.4) is 0 Å². The van der Waals surface area contributed by atoms with Crippen molar-refractivity contribution in [2.24, 2.45) is 0 Å². The molecule has 0 saturated carbocycles. The van der Waals surface area contributed by atoms with Crippen molar-refractivity contribution in [3.05, 3.63) is 122 Å². The second kappa shape index (κ2) is 61.0. The smallest absolute Gasteiger partial charge is 0.462 e. The Morgan fingerprint density at radius 1 is 0.362 bits per heavy atom. The monoisotopic (exact) mass is 1140 g/mol. The fourth-order valence-corrected chi connectivity index (χ4v) is 8.93. The number of phosphoric ester groups is 1. The number of rotatable bonds is 57. The van der Waals surface area contributed by atoms with E-state index in [1.807, 2.05) is 6.08 Å². The zero-order chi connectivity index (χ0) is 58.3. The number of unbranched alkanes of at least 4 members (excludes halogenated alkanes) is 20. The van der Waals surface area contributed by atoms with Gasteiger partial charge in [-0.3, -0.25) is 23.4 Å². The number of carbonyl (C=O) groups is 3. The van der Waals surface area contributed by atoms with Crippen molar-refractivity contribution in [1.82, 2.24) is 0 Å². The van der Waals surface area contributed by atoms with E-state index in [1.165, 1.54) is 57.8 Å². The molecule has 0 aromatic rings. The quantitative estimate of drug-likeness (QED) is 0.0197. The molecule has 12 heteroatoms. The van der Waals surface area contributed by atoms with Crippen molar-refractivity contribution < 1.29 is 52.2 Å². The van der Waals surface area contributed by atoms with Crippen LogP contribution in [0.4, 0.5) is 0 Å². The third-order valence-corrected chi connectivity index (χ3v) is 13.8. The minimum Gasteiger partial charge on any atom is -0.462 e. The Morgan fingerprint density at radius 3 is 1.04 bits per heavy atom.